The molecule has 12 heavy (non-hydrogen) atoms. The second-order valence-electron chi connectivity index (χ2n) is 3.45. The van der Waals surface area contributed by atoms with E-state index in [1.54, 1.807) is 0 Å². The van der Waals surface area contributed by atoms with E-state index in [4.69, 9.17) is 11.6 Å². The molecule has 1 fully saturated rings. The molecule has 3 atom stereocenters. The Bertz CT molecular complexity index is 207. The van der Waals surface area contributed by atoms with E-state index in [-0.39, 0.29) is 0 Å². The summed E-state index contributed by atoms with van der Waals surface area (Å²) >= 11 is 12.2. The van der Waals surface area contributed by atoms with E-state index in [1.807, 2.05) is 11.8 Å². The molecule has 0 radical (unpaired) electrons. The fourth-order valence-electron chi connectivity index (χ4n) is 1.89. The molecule has 0 saturated heterocycles. The molecule has 0 aromatic carbocycles. The second kappa shape index (κ2) is 3.81. The Morgan fingerprint density at radius 3 is 3.17 bits per heavy atom. The molecule has 1 saturated carbocycles. The molecule has 0 bridgehead atoms. The normalized spacial score (nSPS) is 41.8. The van der Waals surface area contributed by atoms with Crippen molar-refractivity contribution in [3.8, 4) is 0 Å². The van der Waals surface area contributed by atoms with Gasteiger partial charge in [0.25, 0.3) is 0 Å². The summed E-state index contributed by atoms with van der Waals surface area (Å²) in [6, 6.07) is 0. The summed E-state index contributed by atoms with van der Waals surface area (Å²) in [5.41, 5.74) is 0. The van der Waals surface area contributed by atoms with Crippen LogP contribution < -0.4 is 0 Å². The van der Waals surface area contributed by atoms with Gasteiger partial charge in [-0.1, -0.05) is 11.8 Å². The lowest BCUT2D eigenvalue weighted by Crippen LogP contribution is -2.32. The molecular formula is C8H12ClNS2. The Labute approximate surface area is 87.8 Å². The quantitative estimate of drug-likeness (QED) is 0.490. The van der Waals surface area contributed by atoms with Crippen LogP contribution in [0.15, 0.2) is 4.99 Å². The van der Waals surface area contributed by atoms with Crippen molar-refractivity contribution in [3.63, 3.8) is 0 Å². The minimum absolute atomic E-state index is 0.392. The highest BCUT2D eigenvalue weighted by molar-refractivity contribution is 8.32. The molecule has 1 nitrogen and oxygen atoms in total. The van der Waals surface area contributed by atoms with Gasteiger partial charge < -0.3 is 0 Å². The Hall–Kier alpha value is 0.660. The van der Waals surface area contributed by atoms with Crippen LogP contribution in [0.5, 0.6) is 0 Å². The zero-order valence-electron chi connectivity index (χ0n) is 6.74. The maximum atomic E-state index is 6.10. The van der Waals surface area contributed by atoms with Crippen LogP contribution in [0.1, 0.15) is 19.3 Å². The summed E-state index contributed by atoms with van der Waals surface area (Å²) in [6.07, 6.45) is 3.55. The van der Waals surface area contributed by atoms with Crippen LogP contribution >= 0.6 is 36.0 Å². The number of nitrogens with zero attached hydrogens (tertiary/aromatic N) is 1. The third-order valence-corrected chi connectivity index (χ3v) is 4.68. The molecule has 4 heteroatoms. The first-order chi connectivity index (χ1) is 5.75. The van der Waals surface area contributed by atoms with Crippen molar-refractivity contribution in [1.82, 2.24) is 0 Å². The first-order valence-electron chi connectivity index (χ1n) is 4.30. The summed E-state index contributed by atoms with van der Waals surface area (Å²) in [5.74, 6) is 0.710. The minimum Gasteiger partial charge on any atom is -0.272 e. The Balaban J connectivity index is 2.02. The number of fused-ring (bicyclic) bond motifs is 1. The molecule has 0 spiro atoms. The number of alkyl halides is 1. The zero-order valence-corrected chi connectivity index (χ0v) is 9.21. The van der Waals surface area contributed by atoms with Crippen molar-refractivity contribution in [2.24, 2.45) is 10.9 Å². The molecular weight excluding hydrogens is 210 g/mol. The second-order valence-corrected chi connectivity index (χ2v) is 6.02. The van der Waals surface area contributed by atoms with Crippen molar-refractivity contribution in [3.05, 3.63) is 0 Å². The van der Waals surface area contributed by atoms with E-state index < -0.39 is 0 Å². The van der Waals surface area contributed by atoms with Gasteiger partial charge >= 0.3 is 0 Å². The van der Waals surface area contributed by atoms with Gasteiger partial charge in [0, 0.05) is 17.2 Å². The van der Waals surface area contributed by atoms with Crippen LogP contribution in [0, 0.1) is 5.92 Å². The molecule has 0 aromatic rings. The Morgan fingerprint density at radius 1 is 1.50 bits per heavy atom. The largest absolute Gasteiger partial charge is 0.272 e. The minimum atomic E-state index is 0.392. The summed E-state index contributed by atoms with van der Waals surface area (Å²) in [6.45, 7) is 0.944. The lowest BCUT2D eigenvalue weighted by molar-refractivity contribution is 0.383. The molecule has 0 amide bonds. The number of hydrogen-bond donors (Lipinski definition) is 1. The fourth-order valence-corrected chi connectivity index (χ4v) is 3.80. The van der Waals surface area contributed by atoms with Crippen molar-refractivity contribution in [2.45, 2.75) is 29.9 Å². The van der Waals surface area contributed by atoms with Crippen LogP contribution in [0.2, 0.25) is 0 Å². The molecule has 2 aliphatic rings. The maximum absolute atomic E-state index is 6.10. The number of rotatable bonds is 0. The highest BCUT2D eigenvalue weighted by atomic mass is 35.5. The highest BCUT2D eigenvalue weighted by Gasteiger charge is 2.32. The molecule has 0 aromatic heterocycles. The van der Waals surface area contributed by atoms with Crippen LogP contribution in [0.25, 0.3) is 0 Å². The number of aliphatic imine (C=N–C) groups is 1. The van der Waals surface area contributed by atoms with Crippen LogP contribution in [-0.2, 0) is 0 Å². The summed E-state index contributed by atoms with van der Waals surface area (Å²) in [4.78, 5) is 4.33. The number of thioether (sulfide) groups is 1. The van der Waals surface area contributed by atoms with E-state index >= 15 is 0 Å². The molecule has 1 heterocycles. The molecule has 1 aliphatic heterocycles. The standard InChI is InChI=1S/C8H12ClNS2/c9-6-1-2-7-5(3-6)4-10-8(11)12-7/h5-7H,1-4H2,(H,10,11)/t5?,6-,7?/m0/s1. The van der Waals surface area contributed by atoms with Crippen molar-refractivity contribution >= 4 is 40.4 Å². The third-order valence-electron chi connectivity index (χ3n) is 2.57. The van der Waals surface area contributed by atoms with E-state index in [0.717, 1.165) is 29.0 Å². The van der Waals surface area contributed by atoms with Crippen LogP contribution in [0.3, 0.4) is 0 Å². The van der Waals surface area contributed by atoms with Gasteiger partial charge in [0.15, 0.2) is 0 Å². The Kier molecular flexibility index (Phi) is 2.93. The lowest BCUT2D eigenvalue weighted by atomic mass is 9.88. The zero-order chi connectivity index (χ0) is 8.55. The first-order valence-corrected chi connectivity index (χ1v) is 6.06. The third kappa shape index (κ3) is 1.94. The highest BCUT2D eigenvalue weighted by Crippen LogP contribution is 2.39. The predicted molar refractivity (Wildman–Crippen MR) is 59.6 cm³/mol. The van der Waals surface area contributed by atoms with Gasteiger partial charge in [-0.2, -0.15) is 0 Å². The average molecular weight is 222 g/mol. The van der Waals surface area contributed by atoms with Gasteiger partial charge in [0.05, 0.1) is 0 Å². The summed E-state index contributed by atoms with van der Waals surface area (Å²) in [5, 5.41) is 1.13. The average Bonchev–Trinajstić information content (AvgIpc) is 2.05. The maximum Gasteiger partial charge on any atom is 0.121 e. The number of thiol groups is 1. The van der Waals surface area contributed by atoms with Gasteiger partial charge in [-0.15, -0.1) is 24.2 Å². The number of halogens is 1. The van der Waals surface area contributed by atoms with Crippen molar-refractivity contribution in [2.75, 3.05) is 6.54 Å². The lowest BCUT2D eigenvalue weighted by Gasteiger charge is -2.34. The van der Waals surface area contributed by atoms with Crippen LogP contribution in [-0.4, -0.2) is 21.5 Å². The van der Waals surface area contributed by atoms with E-state index in [2.05, 4.69) is 17.6 Å². The smallest absolute Gasteiger partial charge is 0.121 e. The SMILES string of the molecule is SC1=NCC2C[C@@H](Cl)CCC2S1. The topological polar surface area (TPSA) is 12.4 Å². The van der Waals surface area contributed by atoms with Gasteiger partial charge in [0.1, 0.15) is 4.38 Å². The first kappa shape index (κ1) is 9.22. The number of hydrogen-bond acceptors (Lipinski definition) is 2. The van der Waals surface area contributed by atoms with Crippen molar-refractivity contribution < 1.29 is 0 Å². The molecule has 68 valence electrons. The predicted octanol–water partition coefficient (Wildman–Crippen LogP) is 2.80. The van der Waals surface area contributed by atoms with Gasteiger partial charge in [-0.3, -0.25) is 4.99 Å². The summed E-state index contributed by atoms with van der Waals surface area (Å²) < 4.78 is 0.962. The van der Waals surface area contributed by atoms with Gasteiger partial charge in [-0.05, 0) is 25.2 Å². The van der Waals surface area contributed by atoms with Crippen molar-refractivity contribution in [1.29, 1.82) is 0 Å². The summed E-state index contributed by atoms with van der Waals surface area (Å²) in [7, 11) is 0. The molecule has 0 N–H and O–H groups in total. The molecule has 2 unspecified atom stereocenters. The van der Waals surface area contributed by atoms with E-state index in [9.17, 15) is 0 Å². The molecule has 2 rings (SSSR count). The monoisotopic (exact) mass is 221 g/mol. The van der Waals surface area contributed by atoms with Crippen LogP contribution in [0.4, 0.5) is 0 Å². The van der Waals surface area contributed by atoms with Gasteiger partial charge in [0.2, 0.25) is 0 Å². The fraction of sp³-hybridized carbons (Fsp3) is 0.875. The van der Waals surface area contributed by atoms with Gasteiger partial charge in [-0.25, -0.2) is 0 Å². The Morgan fingerprint density at radius 2 is 2.33 bits per heavy atom. The van der Waals surface area contributed by atoms with E-state index in [0.29, 0.717) is 11.3 Å². The van der Waals surface area contributed by atoms with E-state index in [1.165, 1.54) is 6.42 Å². The molecule has 1 aliphatic carbocycles.